The summed E-state index contributed by atoms with van der Waals surface area (Å²) in [5, 5.41) is 1.14. The molecule has 0 amide bonds. The molecule has 3 aromatic rings. The summed E-state index contributed by atoms with van der Waals surface area (Å²) in [6.07, 6.45) is 1.13. The smallest absolute Gasteiger partial charge is 0.356 e. The number of hydrogen-bond acceptors (Lipinski definition) is 6. The topological polar surface area (TPSA) is 85.7 Å². The van der Waals surface area contributed by atoms with E-state index in [4.69, 9.17) is 4.74 Å². The summed E-state index contributed by atoms with van der Waals surface area (Å²) >= 11 is 0. The van der Waals surface area contributed by atoms with Gasteiger partial charge in [-0.05, 0) is 23.8 Å². The summed E-state index contributed by atoms with van der Waals surface area (Å²) < 4.78 is 29.7. The Hall–Kier alpha value is -3.13. The van der Waals surface area contributed by atoms with Crippen LogP contribution in [-0.2, 0) is 21.1 Å². The average molecular weight is 414 g/mol. The van der Waals surface area contributed by atoms with Crippen molar-refractivity contribution in [1.29, 1.82) is 0 Å². The maximum atomic E-state index is 13.2. The van der Waals surface area contributed by atoms with Crippen LogP contribution in [0.5, 0.6) is 0 Å². The van der Waals surface area contributed by atoms with Crippen LogP contribution in [0.4, 0.5) is 5.69 Å². The van der Waals surface area contributed by atoms with E-state index in [2.05, 4.69) is 0 Å². The number of fused-ring (bicyclic) bond motifs is 1. The fourth-order valence-corrected chi connectivity index (χ4v) is 3.94. The Balaban J connectivity index is 2.27. The van der Waals surface area contributed by atoms with Gasteiger partial charge < -0.3 is 9.64 Å². The third-order valence-corrected chi connectivity index (χ3v) is 5.80. The second-order valence-corrected chi connectivity index (χ2v) is 8.95. The van der Waals surface area contributed by atoms with E-state index < -0.39 is 15.8 Å². The molecule has 0 fully saturated rings. The highest BCUT2D eigenvalue weighted by molar-refractivity contribution is 7.90. The Morgan fingerprint density at radius 3 is 2.14 bits per heavy atom. The van der Waals surface area contributed by atoms with Crippen LogP contribution in [0.1, 0.15) is 16.1 Å². The van der Waals surface area contributed by atoms with Crippen LogP contribution in [0.2, 0.25) is 0 Å². The molecule has 29 heavy (non-hydrogen) atoms. The van der Waals surface area contributed by atoms with Crippen LogP contribution < -0.4 is 10.5 Å². The summed E-state index contributed by atoms with van der Waals surface area (Å²) in [5.74, 6) is -0.621. The van der Waals surface area contributed by atoms with Crippen LogP contribution in [0.25, 0.3) is 10.8 Å². The van der Waals surface area contributed by atoms with E-state index >= 15 is 0 Å². The van der Waals surface area contributed by atoms with E-state index in [1.165, 1.54) is 23.8 Å². The SMILES string of the molecule is COC(=O)c1c(N(C)C)c2ccccc2c(=O)n1Cc1ccc(S(C)(=O)=O)cc1. The Labute approximate surface area is 169 Å². The molecule has 3 rings (SSSR count). The Morgan fingerprint density at radius 2 is 1.62 bits per heavy atom. The number of carbonyl (C=O) groups is 1. The zero-order valence-electron chi connectivity index (χ0n) is 16.7. The number of rotatable bonds is 5. The minimum Gasteiger partial charge on any atom is -0.464 e. The van der Waals surface area contributed by atoms with Crippen molar-refractivity contribution in [2.75, 3.05) is 32.4 Å². The zero-order chi connectivity index (χ0) is 21.3. The molecule has 0 aliphatic carbocycles. The fraction of sp³-hybridized carbons (Fsp3) is 0.238. The molecule has 0 atom stereocenters. The van der Waals surface area contributed by atoms with Crippen LogP contribution in [0.3, 0.4) is 0 Å². The van der Waals surface area contributed by atoms with Gasteiger partial charge in [-0.2, -0.15) is 0 Å². The third-order valence-electron chi connectivity index (χ3n) is 4.67. The molecule has 1 aromatic heterocycles. The van der Waals surface area contributed by atoms with Crippen molar-refractivity contribution < 1.29 is 17.9 Å². The minimum absolute atomic E-state index is 0.0962. The molecule has 0 unspecified atom stereocenters. The summed E-state index contributed by atoms with van der Waals surface area (Å²) in [4.78, 5) is 27.8. The number of sulfone groups is 1. The molecular formula is C21H22N2O5S. The first kappa shape index (κ1) is 20.6. The number of anilines is 1. The molecule has 0 spiro atoms. The van der Waals surface area contributed by atoms with Crippen molar-refractivity contribution in [3.63, 3.8) is 0 Å². The van der Waals surface area contributed by atoms with Crippen LogP contribution in [-0.4, -0.2) is 46.4 Å². The van der Waals surface area contributed by atoms with Crippen molar-refractivity contribution in [2.24, 2.45) is 0 Å². The van der Waals surface area contributed by atoms with Crippen molar-refractivity contribution in [1.82, 2.24) is 4.57 Å². The molecule has 2 aromatic carbocycles. The van der Waals surface area contributed by atoms with Crippen molar-refractivity contribution in [2.45, 2.75) is 11.4 Å². The monoisotopic (exact) mass is 414 g/mol. The van der Waals surface area contributed by atoms with Crippen molar-refractivity contribution in [3.8, 4) is 0 Å². The van der Waals surface area contributed by atoms with Gasteiger partial charge in [0.25, 0.3) is 5.56 Å². The summed E-state index contributed by atoms with van der Waals surface area (Å²) in [5.41, 5.74) is 1.09. The Kier molecular flexibility index (Phi) is 5.48. The van der Waals surface area contributed by atoms with Crippen LogP contribution in [0.15, 0.2) is 58.2 Å². The van der Waals surface area contributed by atoms with Crippen LogP contribution >= 0.6 is 0 Å². The quantitative estimate of drug-likeness (QED) is 0.596. The molecule has 1 heterocycles. The standard InChI is InChI=1S/C21H22N2O5S/c1-22(2)18-16-7-5-6-8-17(16)20(24)23(19(18)21(25)28-3)13-14-9-11-15(12-10-14)29(4,26)27/h5-12H,13H2,1-4H3. The Bertz CT molecular complexity index is 1240. The first-order valence-corrected chi connectivity index (χ1v) is 10.7. The van der Waals surface area contributed by atoms with Gasteiger partial charge >= 0.3 is 5.97 Å². The second-order valence-electron chi connectivity index (χ2n) is 6.94. The van der Waals surface area contributed by atoms with E-state index in [1.807, 2.05) is 6.07 Å². The van der Waals surface area contributed by atoms with Gasteiger partial charge in [-0.25, -0.2) is 13.2 Å². The molecule has 0 radical (unpaired) electrons. The predicted octanol–water partition coefficient (Wildman–Crippen LogP) is 2.31. The van der Waals surface area contributed by atoms with Gasteiger partial charge in [-0.3, -0.25) is 9.36 Å². The summed E-state index contributed by atoms with van der Waals surface area (Å²) in [6, 6.07) is 13.3. The number of hydrogen-bond donors (Lipinski definition) is 0. The highest BCUT2D eigenvalue weighted by Crippen LogP contribution is 2.28. The second kappa shape index (κ2) is 7.71. The van der Waals surface area contributed by atoms with Gasteiger partial charge in [0.05, 0.1) is 24.2 Å². The molecule has 152 valence electrons. The number of ether oxygens (including phenoxy) is 1. The molecule has 0 aliphatic rings. The summed E-state index contributed by atoms with van der Waals surface area (Å²) in [6.45, 7) is 0.0962. The largest absolute Gasteiger partial charge is 0.464 e. The number of benzene rings is 2. The van der Waals surface area contributed by atoms with Gasteiger partial charge in [-0.1, -0.05) is 30.3 Å². The van der Waals surface area contributed by atoms with Gasteiger partial charge in [0.15, 0.2) is 15.5 Å². The predicted molar refractivity (Wildman–Crippen MR) is 113 cm³/mol. The van der Waals surface area contributed by atoms with Gasteiger partial charge in [0.2, 0.25) is 0 Å². The lowest BCUT2D eigenvalue weighted by atomic mass is 10.1. The molecule has 8 heteroatoms. The maximum Gasteiger partial charge on any atom is 0.356 e. The molecule has 0 bridgehead atoms. The summed E-state index contributed by atoms with van der Waals surface area (Å²) in [7, 11) is 1.54. The highest BCUT2D eigenvalue weighted by Gasteiger charge is 2.24. The maximum absolute atomic E-state index is 13.2. The van der Waals surface area contributed by atoms with E-state index in [1.54, 1.807) is 49.3 Å². The molecule has 0 saturated carbocycles. The Morgan fingerprint density at radius 1 is 1.03 bits per heavy atom. The van der Waals surface area contributed by atoms with Crippen molar-refractivity contribution in [3.05, 3.63) is 70.1 Å². The highest BCUT2D eigenvalue weighted by atomic mass is 32.2. The fourth-order valence-electron chi connectivity index (χ4n) is 3.31. The number of methoxy groups -OCH3 is 1. The van der Waals surface area contributed by atoms with E-state index in [0.717, 1.165) is 6.26 Å². The molecule has 0 saturated heterocycles. The lowest BCUT2D eigenvalue weighted by Crippen LogP contribution is -2.30. The van der Waals surface area contributed by atoms with E-state index in [0.29, 0.717) is 22.0 Å². The number of carbonyl (C=O) groups excluding carboxylic acids is 1. The van der Waals surface area contributed by atoms with Crippen molar-refractivity contribution >= 4 is 32.3 Å². The van der Waals surface area contributed by atoms with Gasteiger partial charge in [-0.15, -0.1) is 0 Å². The molecule has 0 N–H and O–H groups in total. The third kappa shape index (κ3) is 3.88. The minimum atomic E-state index is -3.32. The van der Waals surface area contributed by atoms with Gasteiger partial charge in [0.1, 0.15) is 0 Å². The molecular weight excluding hydrogens is 392 g/mol. The zero-order valence-corrected chi connectivity index (χ0v) is 17.5. The first-order valence-electron chi connectivity index (χ1n) is 8.85. The molecule has 0 aliphatic heterocycles. The normalized spacial score (nSPS) is 11.4. The number of pyridine rings is 1. The van der Waals surface area contributed by atoms with Gasteiger partial charge in [0, 0.05) is 31.1 Å². The number of nitrogens with zero attached hydrogens (tertiary/aromatic N) is 2. The number of aromatic nitrogens is 1. The molecule has 7 nitrogen and oxygen atoms in total. The number of esters is 1. The van der Waals surface area contributed by atoms with Crippen LogP contribution in [0, 0.1) is 0 Å². The van der Waals surface area contributed by atoms with E-state index in [-0.39, 0.29) is 22.7 Å². The first-order chi connectivity index (χ1) is 13.6. The van der Waals surface area contributed by atoms with E-state index in [9.17, 15) is 18.0 Å². The average Bonchev–Trinajstić information content (AvgIpc) is 2.68. The lowest BCUT2D eigenvalue weighted by Gasteiger charge is -2.23. The lowest BCUT2D eigenvalue weighted by molar-refractivity contribution is 0.0588.